The van der Waals surface area contributed by atoms with Crippen molar-refractivity contribution in [1.29, 1.82) is 0 Å². The summed E-state index contributed by atoms with van der Waals surface area (Å²) >= 11 is 0. The molecule has 1 fully saturated rings. The van der Waals surface area contributed by atoms with Gasteiger partial charge >= 0.3 is 140 Å². The summed E-state index contributed by atoms with van der Waals surface area (Å²) in [5.41, 5.74) is 3.34. The molecule has 1 aromatic heterocycles. The van der Waals surface area contributed by atoms with E-state index in [-0.39, 0.29) is 12.4 Å². The van der Waals surface area contributed by atoms with Crippen molar-refractivity contribution < 1.29 is 9.50 Å². The Bertz CT molecular complexity index is 888. The van der Waals surface area contributed by atoms with Crippen LogP contribution in [0.15, 0.2) is 30.3 Å². The second kappa shape index (κ2) is 5.45. The van der Waals surface area contributed by atoms with Crippen LogP contribution in [0.4, 0.5) is 11.5 Å². The molecule has 1 spiro atoms. The molecule has 1 aliphatic carbocycles. The molecule has 0 radical (unpaired) electrons. The van der Waals surface area contributed by atoms with Crippen LogP contribution in [0, 0.1) is 6.57 Å². The van der Waals surface area contributed by atoms with Gasteiger partial charge in [0, 0.05) is 0 Å². The Kier molecular flexibility index (Phi) is 3.38. The van der Waals surface area contributed by atoms with Crippen LogP contribution in [0.2, 0.25) is 0 Å². The molecule has 1 saturated carbocycles. The number of nitrogens with zero attached hydrogens (tertiary/aromatic N) is 2. The number of amides is 1. The number of nitrogens with one attached hydrogen (secondary N) is 1. The first kappa shape index (κ1) is 14.9. The second-order valence-corrected chi connectivity index (χ2v) is 6.47. The van der Waals surface area contributed by atoms with Gasteiger partial charge in [-0.15, -0.1) is 0 Å². The first-order valence-corrected chi connectivity index (χ1v) is 8.16. The summed E-state index contributed by atoms with van der Waals surface area (Å²) in [6.07, 6.45) is 4.07. The maximum atomic E-state index is 12.5. The van der Waals surface area contributed by atoms with E-state index in [1.165, 1.54) is 0 Å². The molecule has 2 aliphatic rings. The molecule has 0 unspecified atom stereocenters. The van der Waals surface area contributed by atoms with Crippen molar-refractivity contribution in [3.05, 3.63) is 47.3 Å². The van der Waals surface area contributed by atoms with E-state index >= 15 is 0 Å². The van der Waals surface area contributed by atoms with Crippen molar-refractivity contribution >= 4 is 24.6 Å². The number of carbonyl (C=O) groups excluding carboxylic acids is 1. The zero-order chi connectivity index (χ0) is 16.7. The fourth-order valence-corrected chi connectivity index (χ4v) is 4.12. The molecule has 0 atom stereocenters. The van der Waals surface area contributed by atoms with Crippen molar-refractivity contribution in [1.82, 2.24) is 4.57 Å². The van der Waals surface area contributed by atoms with Crippen LogP contribution in [0.25, 0.3) is 16.1 Å². The number of hydrogen-bond donors (Lipinski definition) is 1. The fraction of sp³-hybridized carbons (Fsp3) is 0.333. The summed E-state index contributed by atoms with van der Waals surface area (Å²) in [6, 6.07) is 9.53. The number of hydrogen-bond acceptors (Lipinski definition) is 2. The summed E-state index contributed by atoms with van der Waals surface area (Å²) in [7, 11) is 0.801. The van der Waals surface area contributed by atoms with Gasteiger partial charge in [-0.2, -0.15) is 0 Å². The molecule has 2 aromatic rings. The molecule has 1 aliphatic heterocycles. The summed E-state index contributed by atoms with van der Waals surface area (Å²) < 4.78 is 12.7. The van der Waals surface area contributed by atoms with Crippen molar-refractivity contribution in [2.75, 3.05) is 5.32 Å². The molecule has 6 heteroatoms. The minimum atomic E-state index is -0.393. The van der Waals surface area contributed by atoms with Gasteiger partial charge in [-0.1, -0.05) is 0 Å². The molecule has 1 N–H and O–H groups in total. The Morgan fingerprint density at radius 3 is 2.75 bits per heavy atom. The van der Waals surface area contributed by atoms with Gasteiger partial charge in [0.15, 0.2) is 0 Å². The van der Waals surface area contributed by atoms with Gasteiger partial charge in [0.1, 0.15) is 0 Å². The van der Waals surface area contributed by atoms with Crippen LogP contribution in [-0.4, -0.2) is 17.6 Å². The van der Waals surface area contributed by atoms with Crippen molar-refractivity contribution in [2.24, 2.45) is 0 Å². The SMILES string of the molecule is [C-]#[N+]c1ccc(-c2ccc3c(c2)C2(CCCC2)C(=O)N3)n1CB=O. The molecule has 1 amide bonds. The number of fused-ring (bicyclic) bond motifs is 2. The second-order valence-electron chi connectivity index (χ2n) is 6.47. The summed E-state index contributed by atoms with van der Waals surface area (Å²) in [6.45, 7) is 7.25. The Morgan fingerprint density at radius 2 is 2.04 bits per heavy atom. The predicted molar refractivity (Wildman–Crippen MR) is 91.3 cm³/mol. The van der Waals surface area contributed by atoms with E-state index < -0.39 is 5.41 Å². The third-order valence-corrected chi connectivity index (χ3v) is 5.30. The van der Waals surface area contributed by atoms with Crippen LogP contribution in [0.3, 0.4) is 0 Å². The number of anilines is 1. The van der Waals surface area contributed by atoms with E-state index in [1.807, 2.05) is 18.2 Å². The molecule has 2 heterocycles. The van der Waals surface area contributed by atoms with Crippen molar-refractivity contribution in [2.45, 2.75) is 37.5 Å². The van der Waals surface area contributed by atoms with E-state index in [2.05, 4.69) is 16.2 Å². The summed E-state index contributed by atoms with van der Waals surface area (Å²) in [5, 5.41) is 3.01. The Hall–Kier alpha value is -2.68. The topological polar surface area (TPSA) is 55.5 Å². The van der Waals surface area contributed by atoms with Crippen LogP contribution in [0.1, 0.15) is 31.2 Å². The molecule has 5 nitrogen and oxygen atoms in total. The van der Waals surface area contributed by atoms with Gasteiger partial charge in [-0.25, -0.2) is 0 Å². The third-order valence-electron chi connectivity index (χ3n) is 5.30. The van der Waals surface area contributed by atoms with E-state index in [9.17, 15) is 9.50 Å². The fourth-order valence-electron chi connectivity index (χ4n) is 4.12. The van der Waals surface area contributed by atoms with Gasteiger partial charge in [0.2, 0.25) is 0 Å². The average Bonchev–Trinajstić information content (AvgIpc) is 3.28. The van der Waals surface area contributed by atoms with E-state index in [4.69, 9.17) is 6.57 Å². The molecule has 4 rings (SSSR count). The zero-order valence-corrected chi connectivity index (χ0v) is 13.2. The maximum absolute atomic E-state index is 12.5. The van der Waals surface area contributed by atoms with Gasteiger partial charge in [0.05, 0.1) is 0 Å². The van der Waals surface area contributed by atoms with Crippen LogP contribution in [0.5, 0.6) is 0 Å². The standard InChI is InChI=1S/C18H16BN3O2/c1-20-16-7-6-15(22(16)11-19-24)12-4-5-14-13(10-12)18(17(23)21-14)8-2-3-9-18/h4-7,10H,2-3,8-9,11H2,(H,21,23). The van der Waals surface area contributed by atoms with Crippen LogP contribution in [-0.2, 0) is 21.4 Å². The number of carbonyl (C=O) groups is 1. The van der Waals surface area contributed by atoms with Crippen LogP contribution >= 0.6 is 0 Å². The Labute approximate surface area is 140 Å². The molecular weight excluding hydrogens is 301 g/mol. The number of aromatic nitrogens is 1. The quantitative estimate of drug-likeness (QED) is 0.696. The molecular formula is C18H16BN3O2. The normalized spacial score (nSPS) is 17.4. The molecule has 118 valence electrons. The van der Waals surface area contributed by atoms with E-state index in [0.717, 1.165) is 55.3 Å². The van der Waals surface area contributed by atoms with Gasteiger partial charge in [0.25, 0.3) is 0 Å². The molecule has 24 heavy (non-hydrogen) atoms. The van der Waals surface area contributed by atoms with E-state index in [0.29, 0.717) is 5.82 Å². The Balaban J connectivity index is 1.85. The molecule has 0 bridgehead atoms. The first-order valence-electron chi connectivity index (χ1n) is 8.16. The van der Waals surface area contributed by atoms with Gasteiger partial charge in [-0.3, -0.25) is 0 Å². The third kappa shape index (κ3) is 1.97. The minimum absolute atomic E-state index is 0.109. The van der Waals surface area contributed by atoms with Crippen molar-refractivity contribution in [3.8, 4) is 11.3 Å². The molecule has 1 aromatic carbocycles. The first-order chi connectivity index (χ1) is 11.7. The van der Waals surface area contributed by atoms with Gasteiger partial charge in [-0.05, 0) is 0 Å². The molecule has 0 saturated heterocycles. The Morgan fingerprint density at radius 1 is 1.25 bits per heavy atom. The summed E-state index contributed by atoms with van der Waals surface area (Å²) in [4.78, 5) is 16.0. The number of benzene rings is 1. The summed E-state index contributed by atoms with van der Waals surface area (Å²) in [5.74, 6) is 0.555. The number of rotatable bonds is 3. The van der Waals surface area contributed by atoms with E-state index in [1.54, 1.807) is 10.6 Å². The average molecular weight is 317 g/mol. The van der Waals surface area contributed by atoms with Gasteiger partial charge < -0.3 is 0 Å². The van der Waals surface area contributed by atoms with Crippen molar-refractivity contribution in [3.63, 3.8) is 0 Å². The zero-order valence-electron chi connectivity index (χ0n) is 13.2. The van der Waals surface area contributed by atoms with Crippen LogP contribution < -0.4 is 5.32 Å². The monoisotopic (exact) mass is 317 g/mol. The predicted octanol–water partition coefficient (Wildman–Crippen LogP) is 3.48.